The minimum atomic E-state index is -1.75. The molecule has 11 amide bonds. The van der Waals surface area contributed by atoms with Crippen LogP contribution in [0.25, 0.3) is 21.8 Å². The lowest BCUT2D eigenvalue weighted by atomic mass is 9.77. The average molecular weight is 1720 g/mol. The Morgan fingerprint density at radius 2 is 0.863 bits per heavy atom. The molecule has 31 nitrogen and oxygen atoms in total. The van der Waals surface area contributed by atoms with E-state index < -0.39 is 137 Å². The van der Waals surface area contributed by atoms with Gasteiger partial charge in [-0.3, -0.25) is 52.7 Å². The smallest absolute Gasteiger partial charge is 0.340 e. The summed E-state index contributed by atoms with van der Waals surface area (Å²) in [4.78, 5) is 180. The van der Waals surface area contributed by atoms with Crippen molar-refractivity contribution in [1.82, 2.24) is 63.1 Å². The van der Waals surface area contributed by atoms with Crippen molar-refractivity contribution in [1.29, 1.82) is 0 Å². The molecule has 10 atom stereocenters. The quantitative estimate of drug-likeness (QED) is 0.0137. The van der Waals surface area contributed by atoms with Crippen molar-refractivity contribution in [2.24, 2.45) is 11.5 Å². The molecule has 1 spiro atoms. The van der Waals surface area contributed by atoms with Crippen molar-refractivity contribution in [3.8, 4) is 23.0 Å². The fourth-order valence-corrected chi connectivity index (χ4v) is 15.8. The molecule has 2 aliphatic heterocycles. The maximum absolute atomic E-state index is 15.7. The zero-order valence-corrected chi connectivity index (χ0v) is 69.4. The van der Waals surface area contributed by atoms with E-state index in [1.165, 1.54) is 61.5 Å². The van der Waals surface area contributed by atoms with Crippen LogP contribution in [0.15, 0.2) is 207 Å². The molecule has 0 saturated heterocycles. The zero-order valence-electron chi connectivity index (χ0n) is 67.6. The number of nitrogens with one attached hydrogen (secondary N) is 12. The second kappa shape index (κ2) is 41.9. The number of aromatic nitrogens is 2. The van der Waals surface area contributed by atoms with Gasteiger partial charge in [-0.15, -0.1) is 0 Å². The summed E-state index contributed by atoms with van der Waals surface area (Å²) in [5.74, 6) is -9.75. The summed E-state index contributed by atoms with van der Waals surface area (Å²) >= 11 is 8.66. The molecule has 0 bridgehead atoms. The van der Waals surface area contributed by atoms with Crippen LogP contribution < -0.4 is 69.4 Å². The molecule has 19 N–H and O–H groups in total. The van der Waals surface area contributed by atoms with Crippen molar-refractivity contribution < 1.29 is 82.3 Å². The number of carbonyl (C=O) groups is 12. The van der Waals surface area contributed by atoms with Gasteiger partial charge in [-0.2, -0.15) is 25.3 Å². The van der Waals surface area contributed by atoms with Crippen LogP contribution in [0.1, 0.15) is 111 Å². The maximum atomic E-state index is 15.7. The summed E-state index contributed by atoms with van der Waals surface area (Å²) in [6.45, 7) is 1.18. The standard InChI is InChI=1S/C91H98N14O17S2/c1-51(106)79(89(119)104-73(43-54-21-9-4-10-22-54)85(115)98-68(35-39-123)80(93)110)105-83(113)69(27-15-16-37-92)99-87(117)74(45-56-49-95-66-25-13-11-23-60(56)66)103-88(118)75(46-57-50-96-67-26-14-12-24-61(57)67)102-86(116)72(42-53-19-7-3-8-20-53)101-82(112)70(36-40-124)100-84(114)71(41-52-17-5-2-6-18-52)97-78(109)34-38-94-81(111)55-28-31-62-65(44-55)91(122-90(62)120)63-32-29-58(107)47-76(63)121-77-48-59(108)30-33-64(77)91/h2-14,17-26,28-33,44,47-51,68-75,79,95-96,106-108,123-124H,15-16,27,34-43,45-46,92H2,1H3,(H2,93,110)(H,94,111)(H,97,109)(H,98,115)(H,99,117)(H,100,114)(H,101,112)(H,102,116)(H,103,118)(H,104,119)(H,105,113)/t51-,68+,69+,70+,71-,72+,73+,74-,75+,79+/m1/s1. The van der Waals surface area contributed by atoms with E-state index in [0.717, 1.165) is 0 Å². The third kappa shape index (κ3) is 22.2. The van der Waals surface area contributed by atoms with Crippen LogP contribution in [0.4, 0.5) is 0 Å². The number of benzene rings is 8. The number of unbranched alkanes of at least 4 members (excludes halogenated alkanes) is 1. The van der Waals surface area contributed by atoms with E-state index in [-0.39, 0.29) is 128 Å². The van der Waals surface area contributed by atoms with E-state index in [9.17, 15) is 53.7 Å². The Bertz CT molecular complexity index is 5510. The van der Waals surface area contributed by atoms with Crippen molar-refractivity contribution in [2.75, 3.05) is 24.6 Å². The minimum absolute atomic E-state index is 0.0255. The van der Waals surface area contributed by atoms with Crippen LogP contribution in [0, 0.1) is 0 Å². The molecule has 8 aromatic carbocycles. The van der Waals surface area contributed by atoms with Gasteiger partial charge in [0.2, 0.25) is 59.1 Å². The van der Waals surface area contributed by atoms with Gasteiger partial charge in [-0.1, -0.05) is 127 Å². The highest BCUT2D eigenvalue weighted by molar-refractivity contribution is 7.80. The topological polar surface area (TPSA) is 488 Å². The van der Waals surface area contributed by atoms with Gasteiger partial charge in [0.1, 0.15) is 77.4 Å². The summed E-state index contributed by atoms with van der Waals surface area (Å²) in [5, 5.41) is 61.0. The van der Waals surface area contributed by atoms with Gasteiger partial charge < -0.3 is 99.4 Å². The Labute approximate surface area is 724 Å². The molecule has 0 saturated carbocycles. The number of phenols is 2. The Morgan fingerprint density at radius 3 is 1.33 bits per heavy atom. The molecule has 10 aromatic rings. The first-order valence-electron chi connectivity index (χ1n) is 40.7. The lowest BCUT2D eigenvalue weighted by Gasteiger charge is -2.36. The molecule has 646 valence electrons. The largest absolute Gasteiger partial charge is 0.508 e. The predicted octanol–water partition coefficient (Wildman–Crippen LogP) is 4.96. The number of aromatic hydroxyl groups is 2. The monoisotopic (exact) mass is 1720 g/mol. The SMILES string of the molecule is C[C@@H](O)[C@H](NC(=O)[C@H](CCCCN)NC(=O)[C@@H](Cc1c[nH]c2ccccc12)NC(=O)[C@H](Cc1c[nH]c2ccccc12)NC(=O)[C@H](Cc1ccccc1)NC(=O)[C@H](CCS)NC(=O)[C@@H](Cc1ccccc1)NC(=O)CCNC(=O)c1ccc2c(c1)C1(OC2=O)c2ccc(O)cc2Oc2cc(O)ccc21)C(=O)N[C@@H](Cc1ccccc1)C(=O)N[C@@H](CCS)C(N)=O. The number of aliphatic hydroxyl groups is 1. The number of esters is 1. The molecule has 2 aliphatic rings. The highest BCUT2D eigenvalue weighted by Gasteiger charge is 2.54. The molecule has 4 heterocycles. The number of primary amides is 1. The Morgan fingerprint density at radius 1 is 0.452 bits per heavy atom. The van der Waals surface area contributed by atoms with Gasteiger partial charge in [-0.05, 0) is 139 Å². The van der Waals surface area contributed by atoms with Gasteiger partial charge in [0.15, 0.2) is 5.60 Å². The van der Waals surface area contributed by atoms with Crippen LogP contribution >= 0.6 is 25.3 Å². The number of hydrogen-bond donors (Lipinski definition) is 19. The lowest BCUT2D eigenvalue weighted by Crippen LogP contribution is -2.62. The van der Waals surface area contributed by atoms with Crippen molar-refractivity contribution in [3.05, 3.63) is 262 Å². The summed E-state index contributed by atoms with van der Waals surface area (Å²) in [6, 6.07) is 40.2. The first-order valence-corrected chi connectivity index (χ1v) is 41.9. The Kier molecular flexibility index (Phi) is 30.3. The Hall–Kier alpha value is -13.5. The van der Waals surface area contributed by atoms with Gasteiger partial charge in [0, 0.05) is 114 Å². The number of aromatic amines is 2. The second-order valence-corrected chi connectivity index (χ2v) is 31.4. The molecular formula is C91H98N14O17S2. The number of H-pyrrole nitrogens is 2. The molecule has 124 heavy (non-hydrogen) atoms. The van der Waals surface area contributed by atoms with Gasteiger partial charge in [0.25, 0.3) is 5.91 Å². The molecule has 0 fully saturated rings. The maximum Gasteiger partial charge on any atom is 0.340 e. The minimum Gasteiger partial charge on any atom is -0.508 e. The van der Waals surface area contributed by atoms with Crippen LogP contribution in [-0.4, -0.2) is 181 Å². The van der Waals surface area contributed by atoms with E-state index >= 15 is 19.2 Å². The molecule has 0 aliphatic carbocycles. The number of amides is 11. The van der Waals surface area contributed by atoms with Crippen LogP contribution in [0.2, 0.25) is 0 Å². The van der Waals surface area contributed by atoms with E-state index in [1.807, 2.05) is 30.3 Å². The summed E-state index contributed by atoms with van der Waals surface area (Å²) in [7, 11) is 0. The average Bonchev–Trinajstić information content (AvgIpc) is 1.45. The van der Waals surface area contributed by atoms with E-state index in [0.29, 0.717) is 67.2 Å². The Balaban J connectivity index is 0.770. The normalized spacial score (nSPS) is 14.7. The summed E-state index contributed by atoms with van der Waals surface area (Å²) in [5.41, 5.74) is 15.3. The zero-order chi connectivity index (χ0) is 88.1. The van der Waals surface area contributed by atoms with Crippen molar-refractivity contribution >= 4 is 118 Å². The molecule has 33 heteroatoms. The van der Waals surface area contributed by atoms with Crippen LogP contribution in [0.5, 0.6) is 23.0 Å². The molecule has 2 aromatic heterocycles. The number of nitrogens with two attached hydrogens (primary N) is 2. The number of carbonyl (C=O) groups excluding carboxylic acids is 12. The van der Waals surface area contributed by atoms with E-state index in [4.69, 9.17) is 20.9 Å². The summed E-state index contributed by atoms with van der Waals surface area (Å²) in [6.07, 6.45) is 1.12. The number of aliphatic hydroxyl groups excluding tert-OH is 1. The van der Waals surface area contributed by atoms with Gasteiger partial charge in [0.05, 0.1) is 11.7 Å². The van der Waals surface area contributed by atoms with Gasteiger partial charge >= 0.3 is 5.97 Å². The highest BCUT2D eigenvalue weighted by atomic mass is 32.1. The molecule has 12 rings (SSSR count). The lowest BCUT2D eigenvalue weighted by molar-refractivity contribution is -0.137. The van der Waals surface area contributed by atoms with Crippen LogP contribution in [0.3, 0.4) is 0 Å². The predicted molar refractivity (Wildman–Crippen MR) is 468 cm³/mol. The third-order valence-electron chi connectivity index (χ3n) is 21.7. The highest BCUT2D eigenvalue weighted by Crippen LogP contribution is 2.57. The summed E-state index contributed by atoms with van der Waals surface area (Å²) < 4.78 is 12.2. The van der Waals surface area contributed by atoms with Crippen molar-refractivity contribution in [3.63, 3.8) is 0 Å². The first kappa shape index (κ1) is 89.8. The molecule has 0 unspecified atom stereocenters. The van der Waals surface area contributed by atoms with Crippen LogP contribution in [-0.2, 0) is 90.4 Å². The number of ether oxygens (including phenoxy) is 2. The van der Waals surface area contributed by atoms with Crippen molar-refractivity contribution in [2.45, 2.75) is 144 Å². The van der Waals surface area contributed by atoms with Gasteiger partial charge in [-0.25, -0.2) is 4.79 Å². The number of hydrogen-bond acceptors (Lipinski definition) is 20. The molecular weight excluding hydrogens is 1630 g/mol. The van der Waals surface area contributed by atoms with E-state index in [2.05, 4.69) is 88.4 Å². The number of fused-ring (bicyclic) bond motifs is 8. The molecule has 0 radical (unpaired) electrons. The number of rotatable bonds is 41. The number of para-hydroxylation sites is 2. The fourth-order valence-electron chi connectivity index (χ4n) is 15.3. The fraction of sp³-hybridized carbons (Fsp3) is 0.297. The second-order valence-electron chi connectivity index (χ2n) is 30.5. The number of thiol groups is 2. The van der Waals surface area contributed by atoms with E-state index in [1.54, 1.807) is 122 Å². The number of phenolic OH excluding ortho intramolecular Hbond substituents is 2. The first-order chi connectivity index (χ1) is 59.8. The third-order valence-corrected chi connectivity index (χ3v) is 22.2.